The van der Waals surface area contributed by atoms with Gasteiger partial charge in [0.15, 0.2) is 8.07 Å². The fraction of sp³-hybridized carbons (Fsp3) is 0.0612. The number of anilines is 3. The van der Waals surface area contributed by atoms with Crippen molar-refractivity contribution in [3.63, 3.8) is 0 Å². The Balaban J connectivity index is 1.32. The first-order valence-corrected chi connectivity index (χ1v) is 21.3. The number of thiophene rings is 1. The number of hydrogen-bond donors (Lipinski definition) is 0. The van der Waals surface area contributed by atoms with E-state index >= 15 is 0 Å². The summed E-state index contributed by atoms with van der Waals surface area (Å²) < 4.78 is 2.58. The SMILES string of the molecule is CC1(C)c2ccc([Si](c3ccccc3)(c3ccccc3)c3cccc(-c4ccccn4)c3)cc2N(c2ccccn2)c2c1ccc1sc3ccccc3c21. The highest BCUT2D eigenvalue weighted by atomic mass is 32.1. The zero-order valence-electron chi connectivity index (χ0n) is 30.1. The third-order valence-electron chi connectivity index (χ3n) is 11.3. The van der Waals surface area contributed by atoms with Crippen LogP contribution >= 0.6 is 11.3 Å². The zero-order valence-corrected chi connectivity index (χ0v) is 32.0. The van der Waals surface area contributed by atoms with E-state index in [0.717, 1.165) is 17.1 Å². The van der Waals surface area contributed by atoms with Crippen LogP contribution in [-0.4, -0.2) is 18.0 Å². The second-order valence-electron chi connectivity index (χ2n) is 14.6. The minimum atomic E-state index is -2.95. The Labute approximate surface area is 320 Å². The number of hydrogen-bond acceptors (Lipinski definition) is 4. The lowest BCUT2D eigenvalue weighted by Crippen LogP contribution is -2.74. The third-order valence-corrected chi connectivity index (χ3v) is 17.2. The molecular formula is C49H37N3SSi. The van der Waals surface area contributed by atoms with Crippen molar-refractivity contribution in [2.45, 2.75) is 19.3 Å². The normalized spacial score (nSPS) is 13.5. The quantitative estimate of drug-likeness (QED) is 0.126. The Kier molecular flexibility index (Phi) is 7.68. The summed E-state index contributed by atoms with van der Waals surface area (Å²) in [6.07, 6.45) is 3.80. The molecular weight excluding hydrogens is 691 g/mol. The van der Waals surface area contributed by atoms with E-state index in [-0.39, 0.29) is 5.41 Å². The van der Waals surface area contributed by atoms with Crippen LogP contribution in [-0.2, 0) is 5.41 Å². The first kappa shape index (κ1) is 32.5. The molecule has 54 heavy (non-hydrogen) atoms. The lowest BCUT2D eigenvalue weighted by molar-refractivity contribution is 0.633. The summed E-state index contributed by atoms with van der Waals surface area (Å²) in [6, 6.07) is 64.8. The maximum atomic E-state index is 5.06. The van der Waals surface area contributed by atoms with Gasteiger partial charge in [0.1, 0.15) is 5.82 Å². The standard InChI is InChI=1S/C49H37N3SSi/c1-49(2)40-27-26-38(33-43(40)52(46-25-12-14-31-51-46)48-41(49)28-29-45-47(48)39-22-9-10-24-44(39)53-45)54(35-17-5-3-6-18-35,36-19-7-4-8-20-36)37-21-15-16-34(32-37)42-23-11-13-30-50-42/h3-33H,1-2H3. The Morgan fingerprint density at radius 2 is 1.17 bits per heavy atom. The van der Waals surface area contributed by atoms with Gasteiger partial charge in [-0.1, -0.05) is 147 Å². The monoisotopic (exact) mass is 727 g/mol. The van der Waals surface area contributed by atoms with Crippen molar-refractivity contribution >= 4 is 77.5 Å². The maximum Gasteiger partial charge on any atom is 0.179 e. The highest BCUT2D eigenvalue weighted by molar-refractivity contribution is 7.26. The highest BCUT2D eigenvalue weighted by Crippen LogP contribution is 2.55. The summed E-state index contributed by atoms with van der Waals surface area (Å²) in [4.78, 5) is 12.3. The van der Waals surface area contributed by atoms with Crippen LogP contribution in [0.2, 0.25) is 0 Å². The van der Waals surface area contributed by atoms with E-state index in [9.17, 15) is 0 Å². The van der Waals surface area contributed by atoms with Gasteiger partial charge < -0.3 is 0 Å². The Hall–Kier alpha value is -6.14. The molecule has 10 rings (SSSR count). The lowest BCUT2D eigenvalue weighted by atomic mass is 9.73. The molecule has 0 saturated heterocycles. The summed E-state index contributed by atoms with van der Waals surface area (Å²) in [6.45, 7) is 4.77. The number of fused-ring (bicyclic) bond motifs is 6. The molecule has 258 valence electrons. The van der Waals surface area contributed by atoms with Crippen LogP contribution in [0.25, 0.3) is 31.4 Å². The second-order valence-corrected chi connectivity index (χ2v) is 19.5. The van der Waals surface area contributed by atoms with Gasteiger partial charge in [-0.2, -0.15) is 0 Å². The predicted octanol–water partition coefficient (Wildman–Crippen LogP) is 10.00. The molecule has 3 nitrogen and oxygen atoms in total. The van der Waals surface area contributed by atoms with Crippen molar-refractivity contribution in [2.24, 2.45) is 0 Å². The van der Waals surface area contributed by atoms with Gasteiger partial charge in [-0.3, -0.25) is 9.88 Å². The molecule has 0 saturated carbocycles. The fourth-order valence-electron chi connectivity index (χ4n) is 8.82. The second kappa shape index (κ2) is 12.8. The summed E-state index contributed by atoms with van der Waals surface area (Å²) >= 11 is 1.87. The maximum absolute atomic E-state index is 5.06. The Bertz CT molecular complexity index is 2760. The molecule has 0 atom stereocenters. The van der Waals surface area contributed by atoms with Gasteiger partial charge in [0.25, 0.3) is 0 Å². The molecule has 9 aromatic rings. The van der Waals surface area contributed by atoms with Crippen LogP contribution in [0.4, 0.5) is 17.2 Å². The molecule has 0 radical (unpaired) electrons. The average molecular weight is 728 g/mol. The number of aromatic nitrogens is 2. The molecule has 1 aliphatic rings. The number of rotatable bonds is 6. The van der Waals surface area contributed by atoms with Crippen molar-refractivity contribution in [3.8, 4) is 11.3 Å². The number of pyridine rings is 2. The van der Waals surface area contributed by atoms with Gasteiger partial charge in [-0.15, -0.1) is 11.3 Å². The van der Waals surface area contributed by atoms with Crippen molar-refractivity contribution in [1.82, 2.24) is 9.97 Å². The minimum Gasteiger partial charge on any atom is -0.294 e. The topological polar surface area (TPSA) is 29.0 Å². The molecule has 0 spiro atoms. The van der Waals surface area contributed by atoms with Crippen LogP contribution < -0.4 is 25.6 Å². The molecule has 1 aliphatic heterocycles. The first-order chi connectivity index (χ1) is 26.5. The van der Waals surface area contributed by atoms with Crippen LogP contribution in [0, 0.1) is 0 Å². The summed E-state index contributed by atoms with van der Waals surface area (Å²) in [5.41, 5.74) is 6.82. The molecule has 3 aromatic heterocycles. The van der Waals surface area contributed by atoms with Crippen LogP contribution in [0.15, 0.2) is 188 Å². The van der Waals surface area contributed by atoms with E-state index in [1.165, 1.54) is 63.4 Å². The molecule has 0 N–H and O–H groups in total. The Morgan fingerprint density at radius 1 is 0.519 bits per heavy atom. The molecule has 0 aliphatic carbocycles. The van der Waals surface area contributed by atoms with Crippen molar-refractivity contribution in [2.75, 3.05) is 4.90 Å². The Morgan fingerprint density at radius 3 is 1.89 bits per heavy atom. The van der Waals surface area contributed by atoms with Gasteiger partial charge in [-0.25, -0.2) is 4.98 Å². The highest BCUT2D eigenvalue weighted by Gasteiger charge is 2.45. The van der Waals surface area contributed by atoms with E-state index in [1.807, 2.05) is 35.9 Å². The largest absolute Gasteiger partial charge is 0.294 e. The molecule has 4 heterocycles. The van der Waals surface area contributed by atoms with E-state index < -0.39 is 8.07 Å². The average Bonchev–Trinajstić information content (AvgIpc) is 3.62. The summed E-state index contributed by atoms with van der Waals surface area (Å²) in [5.74, 6) is 0.916. The van der Waals surface area contributed by atoms with Crippen LogP contribution in [0.1, 0.15) is 25.0 Å². The summed E-state index contributed by atoms with van der Waals surface area (Å²) in [7, 11) is -2.95. The van der Waals surface area contributed by atoms with Gasteiger partial charge in [-0.05, 0) is 74.3 Å². The van der Waals surface area contributed by atoms with Gasteiger partial charge in [0.2, 0.25) is 0 Å². The number of benzene rings is 6. The molecule has 0 bridgehead atoms. The third kappa shape index (κ3) is 4.93. The molecule has 0 fully saturated rings. The zero-order chi connectivity index (χ0) is 36.3. The van der Waals surface area contributed by atoms with E-state index in [0.29, 0.717) is 0 Å². The summed E-state index contributed by atoms with van der Waals surface area (Å²) in [5, 5.41) is 7.88. The van der Waals surface area contributed by atoms with E-state index in [4.69, 9.17) is 9.97 Å². The first-order valence-electron chi connectivity index (χ1n) is 18.5. The molecule has 0 unspecified atom stereocenters. The van der Waals surface area contributed by atoms with Crippen molar-refractivity contribution in [3.05, 3.63) is 199 Å². The minimum absolute atomic E-state index is 0.270. The lowest BCUT2D eigenvalue weighted by Gasteiger charge is -2.43. The van der Waals surface area contributed by atoms with Crippen molar-refractivity contribution < 1.29 is 0 Å². The van der Waals surface area contributed by atoms with E-state index in [2.05, 4.69) is 183 Å². The fourth-order valence-corrected chi connectivity index (χ4v) is 14.7. The number of nitrogens with zero attached hydrogens (tertiary/aromatic N) is 3. The van der Waals surface area contributed by atoms with Gasteiger partial charge in [0.05, 0.1) is 17.1 Å². The molecule has 0 amide bonds. The van der Waals surface area contributed by atoms with Crippen LogP contribution in [0.3, 0.4) is 0 Å². The predicted molar refractivity (Wildman–Crippen MR) is 231 cm³/mol. The smallest absolute Gasteiger partial charge is 0.179 e. The van der Waals surface area contributed by atoms with Gasteiger partial charge >= 0.3 is 0 Å². The van der Waals surface area contributed by atoms with Crippen molar-refractivity contribution in [1.29, 1.82) is 0 Å². The van der Waals surface area contributed by atoms with Gasteiger partial charge in [0, 0.05) is 43.5 Å². The van der Waals surface area contributed by atoms with E-state index in [1.54, 1.807) is 0 Å². The van der Waals surface area contributed by atoms with Crippen LogP contribution in [0.5, 0.6) is 0 Å². The molecule has 6 aromatic carbocycles. The molecule has 5 heteroatoms.